The molecular formula is C22H23N3O4S. The van der Waals surface area contributed by atoms with Crippen LogP contribution < -0.4 is 10.1 Å². The van der Waals surface area contributed by atoms with Crippen LogP contribution in [0.15, 0.2) is 48.5 Å². The number of sulfone groups is 1. The minimum absolute atomic E-state index is 0.126. The monoisotopic (exact) mass is 425 g/mol. The van der Waals surface area contributed by atoms with Crippen LogP contribution in [0.1, 0.15) is 29.3 Å². The number of carbonyl (C=O) groups excluding carboxylic acids is 1. The summed E-state index contributed by atoms with van der Waals surface area (Å²) in [6.07, 6.45) is -0.774. The molecule has 1 unspecified atom stereocenters. The Hall–Kier alpha value is -3.13. The Labute approximate surface area is 175 Å². The molecule has 2 aromatic carbocycles. The van der Waals surface area contributed by atoms with Gasteiger partial charge in [0.1, 0.15) is 11.6 Å². The smallest absolute Gasteiger partial charge is 0.266 e. The molecule has 0 bridgehead atoms. The quantitative estimate of drug-likeness (QED) is 0.677. The van der Waals surface area contributed by atoms with Gasteiger partial charge in [0, 0.05) is 5.56 Å². The minimum Gasteiger partial charge on any atom is -0.481 e. The molecule has 1 amide bonds. The van der Waals surface area contributed by atoms with Gasteiger partial charge in [-0.15, -0.1) is 0 Å². The van der Waals surface area contributed by atoms with Crippen molar-refractivity contribution in [2.24, 2.45) is 0 Å². The summed E-state index contributed by atoms with van der Waals surface area (Å²) in [4.78, 5) is 12.9. The third-order valence-corrected chi connectivity index (χ3v) is 6.63. The molecule has 30 heavy (non-hydrogen) atoms. The van der Waals surface area contributed by atoms with Crippen LogP contribution in [0.4, 0.5) is 5.82 Å². The van der Waals surface area contributed by atoms with E-state index in [0.29, 0.717) is 22.8 Å². The molecule has 3 aromatic rings. The first kappa shape index (κ1) is 20.2. The molecular weight excluding hydrogens is 402 g/mol. The summed E-state index contributed by atoms with van der Waals surface area (Å²) in [7, 11) is -3.26. The van der Waals surface area contributed by atoms with E-state index in [1.54, 1.807) is 23.7 Å². The second-order valence-electron chi connectivity index (χ2n) is 7.55. The van der Waals surface area contributed by atoms with Gasteiger partial charge in [-0.05, 0) is 56.2 Å². The van der Waals surface area contributed by atoms with Crippen LogP contribution in [0.2, 0.25) is 0 Å². The van der Waals surface area contributed by atoms with E-state index in [9.17, 15) is 13.2 Å². The van der Waals surface area contributed by atoms with Crippen LogP contribution in [-0.2, 0) is 26.1 Å². The molecule has 0 radical (unpaired) electrons. The molecule has 156 valence electrons. The zero-order valence-electron chi connectivity index (χ0n) is 17.0. The van der Waals surface area contributed by atoms with Crippen molar-refractivity contribution in [2.75, 3.05) is 5.32 Å². The molecule has 0 spiro atoms. The van der Waals surface area contributed by atoms with E-state index in [2.05, 4.69) is 10.4 Å². The van der Waals surface area contributed by atoms with Gasteiger partial charge in [-0.2, -0.15) is 5.10 Å². The van der Waals surface area contributed by atoms with E-state index in [1.807, 2.05) is 50.2 Å². The molecule has 1 N–H and O–H groups in total. The van der Waals surface area contributed by atoms with Crippen molar-refractivity contribution in [3.8, 4) is 11.4 Å². The summed E-state index contributed by atoms with van der Waals surface area (Å²) in [6, 6.07) is 14.9. The Morgan fingerprint density at radius 2 is 1.83 bits per heavy atom. The van der Waals surface area contributed by atoms with Crippen molar-refractivity contribution in [3.05, 3.63) is 70.9 Å². The fraction of sp³-hybridized carbons (Fsp3) is 0.273. The van der Waals surface area contributed by atoms with Crippen LogP contribution in [0, 0.1) is 13.8 Å². The topological polar surface area (TPSA) is 90.3 Å². The van der Waals surface area contributed by atoms with E-state index in [-0.39, 0.29) is 17.4 Å². The number of benzene rings is 2. The molecule has 7 nitrogen and oxygen atoms in total. The number of para-hydroxylation sites is 1. The Balaban J connectivity index is 1.67. The number of amides is 1. The van der Waals surface area contributed by atoms with Crippen molar-refractivity contribution >= 4 is 21.6 Å². The zero-order valence-corrected chi connectivity index (χ0v) is 17.9. The number of aromatic nitrogens is 2. The maximum absolute atomic E-state index is 12.9. The molecule has 4 rings (SSSR count). The second-order valence-corrected chi connectivity index (χ2v) is 9.61. The lowest BCUT2D eigenvalue weighted by molar-refractivity contribution is -0.122. The lowest BCUT2D eigenvalue weighted by atomic mass is 10.1. The summed E-state index contributed by atoms with van der Waals surface area (Å²) >= 11 is 0. The molecule has 8 heteroatoms. The predicted molar refractivity (Wildman–Crippen MR) is 115 cm³/mol. The third kappa shape index (κ3) is 3.95. The van der Waals surface area contributed by atoms with Gasteiger partial charge in [0.15, 0.2) is 15.9 Å². The van der Waals surface area contributed by atoms with E-state index in [4.69, 9.17) is 4.74 Å². The van der Waals surface area contributed by atoms with Gasteiger partial charge in [0.05, 0.1) is 22.9 Å². The number of hydrogen-bond acceptors (Lipinski definition) is 5. The molecule has 0 aliphatic carbocycles. The van der Waals surface area contributed by atoms with Crippen molar-refractivity contribution in [1.29, 1.82) is 0 Å². The molecule has 1 aliphatic rings. The van der Waals surface area contributed by atoms with Crippen LogP contribution in [-0.4, -0.2) is 30.2 Å². The maximum atomic E-state index is 12.9. The van der Waals surface area contributed by atoms with E-state index in [0.717, 1.165) is 16.8 Å². The van der Waals surface area contributed by atoms with Crippen LogP contribution in [0.3, 0.4) is 0 Å². The highest BCUT2D eigenvalue weighted by Gasteiger charge is 2.33. The summed E-state index contributed by atoms with van der Waals surface area (Å²) in [5.74, 6) is 0.310. The summed E-state index contributed by atoms with van der Waals surface area (Å²) < 4.78 is 31.6. The van der Waals surface area contributed by atoms with Gasteiger partial charge < -0.3 is 10.1 Å². The van der Waals surface area contributed by atoms with E-state index >= 15 is 0 Å². The van der Waals surface area contributed by atoms with Gasteiger partial charge >= 0.3 is 0 Å². The van der Waals surface area contributed by atoms with E-state index < -0.39 is 15.9 Å². The average Bonchev–Trinajstić information content (AvgIpc) is 3.17. The Morgan fingerprint density at radius 1 is 1.10 bits per heavy atom. The number of fused-ring (bicyclic) bond motifs is 1. The number of nitrogens with zero attached hydrogens (tertiary/aromatic N) is 2. The van der Waals surface area contributed by atoms with Gasteiger partial charge in [0.2, 0.25) is 0 Å². The number of rotatable bonds is 5. The number of hydrogen-bond donors (Lipinski definition) is 1. The lowest BCUT2D eigenvalue weighted by Gasteiger charge is -2.16. The van der Waals surface area contributed by atoms with Crippen molar-refractivity contribution in [1.82, 2.24) is 9.78 Å². The van der Waals surface area contributed by atoms with Crippen molar-refractivity contribution in [2.45, 2.75) is 38.4 Å². The summed E-state index contributed by atoms with van der Waals surface area (Å²) in [5.41, 5.74) is 3.98. The summed E-state index contributed by atoms with van der Waals surface area (Å²) in [5, 5.41) is 7.36. The zero-order chi connectivity index (χ0) is 21.5. The molecule has 1 aliphatic heterocycles. The molecule has 0 saturated carbocycles. The van der Waals surface area contributed by atoms with Crippen LogP contribution in [0.5, 0.6) is 5.75 Å². The number of anilines is 1. The van der Waals surface area contributed by atoms with Gasteiger partial charge in [0.25, 0.3) is 5.91 Å². The summed E-state index contributed by atoms with van der Waals surface area (Å²) in [6.45, 7) is 5.66. The molecule has 0 saturated heterocycles. The fourth-order valence-corrected chi connectivity index (χ4v) is 4.88. The molecule has 1 atom stereocenters. The number of aryl methyl sites for hydroxylation is 2. The highest BCUT2D eigenvalue weighted by Crippen LogP contribution is 2.33. The normalized spacial score (nSPS) is 15.4. The number of nitrogens with one attached hydrogen (secondary N) is 1. The predicted octanol–water partition coefficient (Wildman–Crippen LogP) is 3.32. The van der Waals surface area contributed by atoms with Crippen molar-refractivity contribution < 1.29 is 17.9 Å². The largest absolute Gasteiger partial charge is 0.481 e. The first-order valence-corrected chi connectivity index (χ1v) is 11.5. The van der Waals surface area contributed by atoms with Gasteiger partial charge in [-0.1, -0.05) is 24.3 Å². The fourth-order valence-electron chi connectivity index (χ4n) is 3.39. The Bertz CT molecular complexity index is 1220. The Morgan fingerprint density at radius 3 is 2.53 bits per heavy atom. The second kappa shape index (κ2) is 7.60. The van der Waals surface area contributed by atoms with Crippen LogP contribution in [0.25, 0.3) is 5.69 Å². The molecule has 2 heterocycles. The van der Waals surface area contributed by atoms with Crippen molar-refractivity contribution in [3.63, 3.8) is 0 Å². The highest BCUT2D eigenvalue weighted by molar-refractivity contribution is 7.90. The lowest BCUT2D eigenvalue weighted by Crippen LogP contribution is -2.31. The maximum Gasteiger partial charge on any atom is 0.266 e. The third-order valence-electron chi connectivity index (χ3n) is 5.19. The SMILES string of the molecule is Cc1ccc(-n2nc3c(c2NC(=O)C(C)Oc2ccccc2)CS(=O)(=O)C3)cc1C. The number of ether oxygens (including phenoxy) is 1. The standard InChI is InChI=1S/C22H23N3O4S/c1-14-9-10-17(11-15(14)2)25-21(19-12-30(27,28)13-20(19)24-25)23-22(26)16(3)29-18-7-5-4-6-8-18/h4-11,16H,12-13H2,1-3H3,(H,23,26). The Kier molecular flexibility index (Phi) is 5.11. The molecule has 1 aromatic heterocycles. The first-order valence-electron chi connectivity index (χ1n) is 9.65. The van der Waals surface area contributed by atoms with Gasteiger partial charge in [-0.3, -0.25) is 4.79 Å². The number of carbonyl (C=O) groups is 1. The highest BCUT2D eigenvalue weighted by atomic mass is 32.2. The van der Waals surface area contributed by atoms with Gasteiger partial charge in [-0.25, -0.2) is 13.1 Å². The van der Waals surface area contributed by atoms with E-state index in [1.165, 1.54) is 0 Å². The van der Waals surface area contributed by atoms with Crippen LogP contribution >= 0.6 is 0 Å². The molecule has 0 fully saturated rings. The first-order chi connectivity index (χ1) is 14.2. The minimum atomic E-state index is -3.26. The average molecular weight is 426 g/mol.